The summed E-state index contributed by atoms with van der Waals surface area (Å²) >= 11 is 3.57. The van der Waals surface area contributed by atoms with Gasteiger partial charge in [0.05, 0.1) is 11.6 Å². The number of halogens is 1. The van der Waals surface area contributed by atoms with Crippen LogP contribution < -0.4 is 20.1 Å². The molecule has 33 heavy (non-hydrogen) atoms. The molecule has 0 aliphatic carbocycles. The number of rotatable bonds is 11. The van der Waals surface area contributed by atoms with Crippen LogP contribution in [0.2, 0.25) is 0 Å². The highest BCUT2D eigenvalue weighted by molar-refractivity contribution is 9.10. The highest BCUT2D eigenvalue weighted by Gasteiger charge is 2.14. The summed E-state index contributed by atoms with van der Waals surface area (Å²) in [4.78, 5) is 12.3. The van der Waals surface area contributed by atoms with Crippen molar-refractivity contribution >= 4 is 27.5 Å². The number of anilines is 1. The molecule has 0 saturated carbocycles. The Labute approximate surface area is 204 Å². The molecule has 3 rings (SSSR count). The average Bonchev–Trinajstić information content (AvgIpc) is 2.82. The molecule has 5 nitrogen and oxygen atoms in total. The van der Waals surface area contributed by atoms with Crippen molar-refractivity contribution in [3.8, 4) is 11.5 Å². The first-order chi connectivity index (χ1) is 15.9. The smallest absolute Gasteiger partial charge is 0.262 e. The Balaban J connectivity index is 1.52. The van der Waals surface area contributed by atoms with E-state index in [2.05, 4.69) is 57.8 Å². The molecule has 0 saturated heterocycles. The summed E-state index contributed by atoms with van der Waals surface area (Å²) in [6, 6.07) is 22.5. The van der Waals surface area contributed by atoms with Gasteiger partial charge in [-0.15, -0.1) is 0 Å². The van der Waals surface area contributed by atoms with Crippen molar-refractivity contribution in [2.75, 3.05) is 19.0 Å². The van der Waals surface area contributed by atoms with Crippen molar-refractivity contribution in [1.29, 1.82) is 0 Å². The normalized spacial score (nSPS) is 11.6. The van der Waals surface area contributed by atoms with Gasteiger partial charge >= 0.3 is 0 Å². The van der Waals surface area contributed by atoms with E-state index in [1.165, 1.54) is 5.56 Å². The summed E-state index contributed by atoms with van der Waals surface area (Å²) in [6.07, 6.45) is 2.10. The number of amides is 1. The van der Waals surface area contributed by atoms with Gasteiger partial charge in [0, 0.05) is 18.3 Å². The van der Waals surface area contributed by atoms with Crippen LogP contribution in [0.4, 0.5) is 5.69 Å². The van der Waals surface area contributed by atoms with Crippen LogP contribution in [-0.4, -0.2) is 25.7 Å². The summed E-state index contributed by atoms with van der Waals surface area (Å²) in [6.45, 7) is 4.79. The maximum Gasteiger partial charge on any atom is 0.262 e. The molecule has 1 amide bonds. The van der Waals surface area contributed by atoms with E-state index in [9.17, 15) is 4.79 Å². The fourth-order valence-electron chi connectivity index (χ4n) is 3.41. The third-order valence-corrected chi connectivity index (χ3v) is 5.92. The van der Waals surface area contributed by atoms with Crippen LogP contribution in [0.1, 0.15) is 30.0 Å². The molecule has 2 N–H and O–H groups in total. The molecule has 3 aromatic rings. The minimum Gasteiger partial charge on any atom is -0.493 e. The van der Waals surface area contributed by atoms with Gasteiger partial charge in [-0.3, -0.25) is 4.79 Å². The lowest BCUT2D eigenvalue weighted by Crippen LogP contribution is -2.26. The standard InChI is InChI=1S/C27H31BrN2O3/c1-19-9-13-23(14-10-19)30-26(31)18-33-27-24(28)15-22(16-25(27)32-3)17-29-20(2)11-12-21-7-5-4-6-8-21/h4-10,13-16,20,29H,11-12,17-18H2,1-3H3,(H,30,31)/t20-/m0/s1. The number of benzene rings is 3. The van der Waals surface area contributed by atoms with Gasteiger partial charge in [-0.05, 0) is 78.0 Å². The molecular weight excluding hydrogens is 480 g/mol. The van der Waals surface area contributed by atoms with Crippen LogP contribution in [0.3, 0.4) is 0 Å². The van der Waals surface area contributed by atoms with Crippen molar-refractivity contribution < 1.29 is 14.3 Å². The Morgan fingerprint density at radius 1 is 1.03 bits per heavy atom. The summed E-state index contributed by atoms with van der Waals surface area (Å²) in [5.41, 5.74) is 4.30. The third-order valence-electron chi connectivity index (χ3n) is 5.34. The van der Waals surface area contributed by atoms with Gasteiger partial charge in [0.2, 0.25) is 0 Å². The molecule has 0 heterocycles. The fraction of sp³-hybridized carbons (Fsp3) is 0.296. The highest BCUT2D eigenvalue weighted by Crippen LogP contribution is 2.36. The van der Waals surface area contributed by atoms with E-state index >= 15 is 0 Å². The number of methoxy groups -OCH3 is 1. The van der Waals surface area contributed by atoms with E-state index in [4.69, 9.17) is 9.47 Å². The topological polar surface area (TPSA) is 59.6 Å². The van der Waals surface area contributed by atoms with Crippen LogP contribution in [-0.2, 0) is 17.8 Å². The van der Waals surface area contributed by atoms with Gasteiger partial charge < -0.3 is 20.1 Å². The predicted octanol–water partition coefficient (Wildman–Crippen LogP) is 5.89. The lowest BCUT2D eigenvalue weighted by Gasteiger charge is -2.17. The molecule has 0 bridgehead atoms. The van der Waals surface area contributed by atoms with Crippen LogP contribution in [0.25, 0.3) is 0 Å². The molecule has 0 radical (unpaired) electrons. The summed E-state index contributed by atoms with van der Waals surface area (Å²) in [7, 11) is 1.60. The number of carbonyl (C=O) groups excluding carboxylic acids is 1. The van der Waals surface area contributed by atoms with Gasteiger partial charge in [0.25, 0.3) is 5.91 Å². The first-order valence-corrected chi connectivity index (χ1v) is 11.9. The molecule has 0 aliphatic heterocycles. The van der Waals surface area contributed by atoms with Gasteiger partial charge in [0.1, 0.15) is 0 Å². The number of hydrogen-bond donors (Lipinski definition) is 2. The maximum absolute atomic E-state index is 12.3. The first-order valence-electron chi connectivity index (χ1n) is 11.1. The number of aryl methyl sites for hydroxylation is 2. The van der Waals surface area contributed by atoms with Crippen LogP contribution in [0.15, 0.2) is 71.2 Å². The Morgan fingerprint density at radius 2 is 1.76 bits per heavy atom. The van der Waals surface area contributed by atoms with Crippen LogP contribution in [0.5, 0.6) is 11.5 Å². The molecule has 174 valence electrons. The quantitative estimate of drug-likeness (QED) is 0.337. The van der Waals surface area contributed by atoms with E-state index in [0.29, 0.717) is 24.1 Å². The first kappa shape index (κ1) is 24.8. The Hall–Kier alpha value is -2.83. The maximum atomic E-state index is 12.3. The van der Waals surface area contributed by atoms with Crippen molar-refractivity contribution in [2.24, 2.45) is 0 Å². The van der Waals surface area contributed by atoms with Crippen molar-refractivity contribution in [3.05, 3.63) is 87.9 Å². The fourth-order valence-corrected chi connectivity index (χ4v) is 4.01. The second-order valence-electron chi connectivity index (χ2n) is 8.12. The molecule has 0 aromatic heterocycles. The van der Waals surface area contributed by atoms with Gasteiger partial charge in [-0.1, -0.05) is 48.0 Å². The van der Waals surface area contributed by atoms with Crippen LogP contribution >= 0.6 is 15.9 Å². The third kappa shape index (κ3) is 7.91. The van der Waals surface area contributed by atoms with Crippen LogP contribution in [0, 0.1) is 6.92 Å². The number of ether oxygens (including phenoxy) is 2. The lowest BCUT2D eigenvalue weighted by molar-refractivity contribution is -0.118. The highest BCUT2D eigenvalue weighted by atomic mass is 79.9. The van der Waals surface area contributed by atoms with Crippen molar-refractivity contribution in [3.63, 3.8) is 0 Å². The van der Waals surface area contributed by atoms with E-state index < -0.39 is 0 Å². The second-order valence-corrected chi connectivity index (χ2v) is 8.97. The van der Waals surface area contributed by atoms with E-state index in [0.717, 1.165) is 34.1 Å². The van der Waals surface area contributed by atoms with E-state index in [1.54, 1.807) is 7.11 Å². The number of carbonyl (C=O) groups is 1. The molecule has 3 aromatic carbocycles. The van der Waals surface area contributed by atoms with E-state index in [1.807, 2.05) is 49.4 Å². The summed E-state index contributed by atoms with van der Waals surface area (Å²) in [5, 5.41) is 6.40. The van der Waals surface area contributed by atoms with Gasteiger partial charge in [-0.25, -0.2) is 0 Å². The van der Waals surface area contributed by atoms with Gasteiger partial charge in [-0.2, -0.15) is 0 Å². The van der Waals surface area contributed by atoms with E-state index in [-0.39, 0.29) is 12.5 Å². The molecule has 1 atom stereocenters. The zero-order valence-electron chi connectivity index (χ0n) is 19.4. The Bertz CT molecular complexity index is 1040. The SMILES string of the molecule is COc1cc(CN[C@@H](C)CCc2ccccc2)cc(Br)c1OCC(=O)Nc1ccc(C)cc1. The zero-order chi connectivity index (χ0) is 23.6. The summed E-state index contributed by atoms with van der Waals surface area (Å²) in [5.74, 6) is 0.865. The predicted molar refractivity (Wildman–Crippen MR) is 137 cm³/mol. The lowest BCUT2D eigenvalue weighted by atomic mass is 10.1. The monoisotopic (exact) mass is 510 g/mol. The molecular formula is C27H31BrN2O3. The minimum atomic E-state index is -0.231. The zero-order valence-corrected chi connectivity index (χ0v) is 20.9. The summed E-state index contributed by atoms with van der Waals surface area (Å²) < 4.78 is 12.1. The van der Waals surface area contributed by atoms with Crippen molar-refractivity contribution in [2.45, 2.75) is 39.3 Å². The minimum absolute atomic E-state index is 0.114. The second kappa shape index (κ2) is 12.4. The van der Waals surface area contributed by atoms with Crippen molar-refractivity contribution in [1.82, 2.24) is 5.32 Å². The average molecular weight is 511 g/mol. The number of hydrogen-bond acceptors (Lipinski definition) is 4. The largest absolute Gasteiger partial charge is 0.493 e. The molecule has 0 aliphatic rings. The molecule has 0 fully saturated rings. The molecule has 0 spiro atoms. The Kier molecular flexibility index (Phi) is 9.34. The Morgan fingerprint density at radius 3 is 2.45 bits per heavy atom. The van der Waals surface area contributed by atoms with Gasteiger partial charge in [0.15, 0.2) is 18.1 Å². The molecule has 0 unspecified atom stereocenters. The number of nitrogens with one attached hydrogen (secondary N) is 2. The molecule has 6 heteroatoms.